The zero-order chi connectivity index (χ0) is 22.0. The summed E-state index contributed by atoms with van der Waals surface area (Å²) in [5, 5.41) is 4.28. The van der Waals surface area contributed by atoms with Gasteiger partial charge in [0.15, 0.2) is 15.0 Å². The molecule has 9 heteroatoms. The molecule has 6 nitrogen and oxygen atoms in total. The third-order valence-electron chi connectivity index (χ3n) is 5.30. The van der Waals surface area contributed by atoms with Crippen molar-refractivity contribution in [3.05, 3.63) is 64.7 Å². The molecule has 0 bridgehead atoms. The fraction of sp³-hybridized carbons (Fsp3) is 0.364. The average Bonchev–Trinajstić information content (AvgIpc) is 3.25. The normalized spacial score (nSPS) is 21.4. The number of nitrogens with zero attached hydrogens (tertiary/aromatic N) is 2. The first-order chi connectivity index (χ1) is 14.9. The first kappa shape index (κ1) is 22.2. The Morgan fingerprint density at radius 3 is 2.61 bits per heavy atom. The third kappa shape index (κ3) is 5.07. The molecular weight excluding hydrogens is 454 g/mol. The molecule has 0 spiro atoms. The van der Waals surface area contributed by atoms with Crippen molar-refractivity contribution >= 4 is 50.0 Å². The molecule has 1 saturated heterocycles. The molecule has 0 saturated carbocycles. The molecule has 0 aromatic heterocycles. The standard InChI is InChI=1S/C22H24ClN3O3S2/c1-2-11-24-21(27)15-7-9-17(10-8-15)26(12-16-5-3-4-6-18(16)23)22-25-19-13-31(28,29)14-20(19)30-22/h3-10,19-20H,2,11-14H2,1H3,(H,24,27)/t19-,20+/m1/s1. The van der Waals surface area contributed by atoms with Gasteiger partial charge < -0.3 is 10.2 Å². The van der Waals surface area contributed by atoms with Crippen LogP contribution >= 0.6 is 23.4 Å². The van der Waals surface area contributed by atoms with Crippen LogP contribution in [0.25, 0.3) is 0 Å². The highest BCUT2D eigenvalue weighted by atomic mass is 35.5. The molecule has 0 unspecified atom stereocenters. The minimum Gasteiger partial charge on any atom is -0.352 e. The van der Waals surface area contributed by atoms with Crippen molar-refractivity contribution in [3.63, 3.8) is 0 Å². The number of sulfone groups is 1. The van der Waals surface area contributed by atoms with Crippen LogP contribution in [0.4, 0.5) is 5.69 Å². The molecule has 4 rings (SSSR count). The lowest BCUT2D eigenvalue weighted by Gasteiger charge is -2.25. The summed E-state index contributed by atoms with van der Waals surface area (Å²) in [6, 6.07) is 14.8. The number of benzene rings is 2. The predicted octanol–water partition coefficient (Wildman–Crippen LogP) is 3.75. The van der Waals surface area contributed by atoms with Gasteiger partial charge in [0.1, 0.15) is 0 Å². The monoisotopic (exact) mass is 477 g/mol. The Balaban J connectivity index is 1.62. The zero-order valence-electron chi connectivity index (χ0n) is 17.1. The predicted molar refractivity (Wildman–Crippen MR) is 128 cm³/mol. The van der Waals surface area contributed by atoms with Crippen LogP contribution in [0.5, 0.6) is 0 Å². The molecule has 164 valence electrons. The van der Waals surface area contributed by atoms with Crippen LogP contribution in [0.2, 0.25) is 5.02 Å². The number of anilines is 1. The maximum absolute atomic E-state index is 12.2. The highest BCUT2D eigenvalue weighted by Crippen LogP contribution is 2.37. The Kier molecular flexibility index (Phi) is 6.60. The number of aliphatic imine (C=N–C) groups is 1. The van der Waals surface area contributed by atoms with Crippen LogP contribution in [0.15, 0.2) is 53.5 Å². The van der Waals surface area contributed by atoms with E-state index >= 15 is 0 Å². The highest BCUT2D eigenvalue weighted by Gasteiger charge is 2.44. The van der Waals surface area contributed by atoms with Crippen LogP contribution in [0.3, 0.4) is 0 Å². The van der Waals surface area contributed by atoms with E-state index in [0.717, 1.165) is 22.8 Å². The van der Waals surface area contributed by atoms with Gasteiger partial charge in [-0.15, -0.1) is 0 Å². The molecule has 1 N–H and O–H groups in total. The molecular formula is C22H24ClN3O3S2. The third-order valence-corrected chi connectivity index (χ3v) is 8.92. The van der Waals surface area contributed by atoms with Gasteiger partial charge >= 0.3 is 0 Å². The summed E-state index contributed by atoms with van der Waals surface area (Å²) in [5.74, 6) is 0.162. The van der Waals surface area contributed by atoms with E-state index in [-0.39, 0.29) is 28.7 Å². The summed E-state index contributed by atoms with van der Waals surface area (Å²) in [4.78, 5) is 19.0. The summed E-state index contributed by atoms with van der Waals surface area (Å²) >= 11 is 7.91. The molecule has 31 heavy (non-hydrogen) atoms. The second-order valence-corrected chi connectivity index (χ2v) is 11.5. The lowest BCUT2D eigenvalue weighted by molar-refractivity contribution is 0.0953. The maximum atomic E-state index is 12.2. The zero-order valence-corrected chi connectivity index (χ0v) is 19.5. The topological polar surface area (TPSA) is 78.8 Å². The van der Waals surface area contributed by atoms with E-state index in [9.17, 15) is 13.2 Å². The van der Waals surface area contributed by atoms with Gasteiger partial charge in [-0.3, -0.25) is 9.79 Å². The van der Waals surface area contributed by atoms with Crippen LogP contribution in [-0.2, 0) is 16.4 Å². The van der Waals surface area contributed by atoms with Gasteiger partial charge in [0, 0.05) is 28.1 Å². The van der Waals surface area contributed by atoms with Crippen LogP contribution in [0, 0.1) is 0 Å². The lowest BCUT2D eigenvalue weighted by Crippen LogP contribution is -2.28. The molecule has 1 amide bonds. The lowest BCUT2D eigenvalue weighted by atomic mass is 10.1. The fourth-order valence-corrected chi connectivity index (χ4v) is 7.65. The van der Waals surface area contributed by atoms with E-state index in [1.54, 1.807) is 12.1 Å². The number of fused-ring (bicyclic) bond motifs is 1. The second kappa shape index (κ2) is 9.22. The number of nitrogens with one attached hydrogen (secondary N) is 1. The van der Waals surface area contributed by atoms with Crippen molar-refractivity contribution in [1.82, 2.24) is 5.32 Å². The summed E-state index contributed by atoms with van der Waals surface area (Å²) in [6.07, 6.45) is 0.880. The summed E-state index contributed by atoms with van der Waals surface area (Å²) in [5.41, 5.74) is 2.42. The van der Waals surface area contributed by atoms with E-state index in [2.05, 4.69) is 5.32 Å². The first-order valence-electron chi connectivity index (χ1n) is 10.2. The Labute approximate surface area is 192 Å². The first-order valence-corrected chi connectivity index (χ1v) is 13.3. The van der Waals surface area contributed by atoms with Gasteiger partial charge in [0.2, 0.25) is 0 Å². The second-order valence-electron chi connectivity index (χ2n) is 7.69. The van der Waals surface area contributed by atoms with Crippen LogP contribution in [-0.4, -0.2) is 48.8 Å². The minimum atomic E-state index is -3.02. The number of carbonyl (C=O) groups is 1. The fourth-order valence-electron chi connectivity index (χ4n) is 3.67. The highest BCUT2D eigenvalue weighted by molar-refractivity contribution is 8.15. The summed E-state index contributed by atoms with van der Waals surface area (Å²) in [6.45, 7) is 3.15. The Bertz CT molecular complexity index is 1100. The molecule has 0 radical (unpaired) electrons. The molecule has 1 fully saturated rings. The number of amides is 1. The quantitative estimate of drug-likeness (QED) is 0.685. The molecule has 2 aliphatic rings. The minimum absolute atomic E-state index is 0.0483. The van der Waals surface area contributed by atoms with Gasteiger partial charge in [-0.05, 0) is 42.3 Å². The van der Waals surface area contributed by atoms with Crippen LogP contribution in [0.1, 0.15) is 29.3 Å². The largest absolute Gasteiger partial charge is 0.352 e. The molecule has 2 heterocycles. The van der Waals surface area contributed by atoms with Gasteiger partial charge in [-0.1, -0.05) is 48.5 Å². The Morgan fingerprint density at radius 1 is 1.19 bits per heavy atom. The number of halogens is 1. The van der Waals surface area contributed by atoms with Crippen molar-refractivity contribution in [3.8, 4) is 0 Å². The van der Waals surface area contributed by atoms with E-state index < -0.39 is 9.84 Å². The van der Waals surface area contributed by atoms with Gasteiger partial charge in [0.05, 0.1) is 24.1 Å². The van der Waals surface area contributed by atoms with E-state index in [1.807, 2.05) is 48.2 Å². The number of amidine groups is 1. The van der Waals surface area contributed by atoms with Crippen molar-refractivity contribution in [2.45, 2.75) is 31.2 Å². The molecule has 0 aliphatic carbocycles. The van der Waals surface area contributed by atoms with E-state index in [4.69, 9.17) is 16.6 Å². The summed E-state index contributed by atoms with van der Waals surface area (Å²) < 4.78 is 23.9. The molecule has 2 aromatic rings. The van der Waals surface area contributed by atoms with E-state index in [0.29, 0.717) is 23.7 Å². The van der Waals surface area contributed by atoms with Crippen molar-refractivity contribution < 1.29 is 13.2 Å². The van der Waals surface area contributed by atoms with Gasteiger partial charge in [-0.2, -0.15) is 0 Å². The molecule has 2 aromatic carbocycles. The van der Waals surface area contributed by atoms with Gasteiger partial charge in [0.25, 0.3) is 5.91 Å². The van der Waals surface area contributed by atoms with Gasteiger partial charge in [-0.25, -0.2) is 8.42 Å². The number of hydrogen-bond donors (Lipinski definition) is 1. The molecule has 2 aliphatic heterocycles. The number of thioether (sulfide) groups is 1. The van der Waals surface area contributed by atoms with E-state index in [1.165, 1.54) is 11.8 Å². The Morgan fingerprint density at radius 2 is 1.94 bits per heavy atom. The van der Waals surface area contributed by atoms with Crippen molar-refractivity contribution in [2.75, 3.05) is 23.0 Å². The average molecular weight is 478 g/mol. The number of hydrogen-bond acceptors (Lipinski definition) is 6. The number of rotatable bonds is 6. The smallest absolute Gasteiger partial charge is 0.251 e. The molecule has 2 atom stereocenters. The summed E-state index contributed by atoms with van der Waals surface area (Å²) in [7, 11) is -3.02. The van der Waals surface area contributed by atoms with Crippen molar-refractivity contribution in [2.24, 2.45) is 4.99 Å². The maximum Gasteiger partial charge on any atom is 0.251 e. The van der Waals surface area contributed by atoms with Crippen LogP contribution < -0.4 is 10.2 Å². The SMILES string of the molecule is CCCNC(=O)c1ccc(N(Cc2ccccc2Cl)C2=N[C@@H]3CS(=O)(=O)C[C@@H]3S2)cc1. The van der Waals surface area contributed by atoms with Crippen molar-refractivity contribution in [1.29, 1.82) is 0 Å². The Hall–Kier alpha value is -2.03. The number of carbonyl (C=O) groups excluding carboxylic acids is 1.